The second kappa shape index (κ2) is 46.2. The second-order valence-electron chi connectivity index (χ2n) is 37.8. The van der Waals surface area contributed by atoms with Crippen LogP contribution in [0, 0.1) is 0 Å². The number of H-pyrrole nitrogens is 4. The molecule has 28 heteroatoms. The summed E-state index contributed by atoms with van der Waals surface area (Å²) in [6, 6.07) is 32.9. The van der Waals surface area contributed by atoms with E-state index in [-0.39, 0.29) is 0 Å². The molecule has 0 saturated carbocycles. The van der Waals surface area contributed by atoms with Crippen LogP contribution < -0.4 is 56.8 Å². The minimum atomic E-state index is 0.341. The summed E-state index contributed by atoms with van der Waals surface area (Å²) in [4.78, 5) is 85.2. The van der Waals surface area contributed by atoms with Crippen LogP contribution in [0.4, 0.5) is 0 Å². The molecule has 20 rings (SSSR count). The highest BCUT2D eigenvalue weighted by Crippen LogP contribution is 2.54. The number of hydrogen-bond donors (Lipinski definition) is 4. The monoisotopic (exact) mass is 1950 g/mol. The van der Waals surface area contributed by atoms with Gasteiger partial charge in [-0.1, -0.05) is 184 Å². The van der Waals surface area contributed by atoms with Crippen molar-refractivity contribution >= 4 is 88.3 Å². The van der Waals surface area contributed by atoms with Crippen LogP contribution in [0.1, 0.15) is 259 Å². The molecule has 0 saturated heterocycles. The first-order valence-corrected chi connectivity index (χ1v) is 53.5. The maximum Gasteiger partial charge on any atom is 0.168 e. The van der Waals surface area contributed by atoms with Gasteiger partial charge in [-0.25, -0.2) is 59.8 Å². The highest BCUT2D eigenvalue weighted by Gasteiger charge is 2.37. The van der Waals surface area contributed by atoms with E-state index < -0.39 is 0 Å². The normalized spacial score (nSPS) is 12.4. The number of unbranched alkanes of at least 4 members (excludes halogenated alkanes) is 12. The van der Waals surface area contributed by atoms with Gasteiger partial charge in [0, 0.05) is 22.3 Å². The first-order chi connectivity index (χ1) is 70.9. The van der Waals surface area contributed by atoms with Crippen LogP contribution in [0.15, 0.2) is 97.1 Å². The third kappa shape index (κ3) is 20.2. The summed E-state index contributed by atoms with van der Waals surface area (Å²) < 4.78 is 83.4. The van der Waals surface area contributed by atoms with Gasteiger partial charge in [-0.2, -0.15) is 0 Å². The molecule has 2 aliphatic carbocycles. The Balaban J connectivity index is 0.912. The van der Waals surface area contributed by atoms with Crippen molar-refractivity contribution in [1.82, 2.24) is 79.7 Å². The van der Waals surface area contributed by atoms with Crippen molar-refractivity contribution in [3.8, 4) is 160 Å². The van der Waals surface area contributed by atoms with Crippen LogP contribution in [0.2, 0.25) is 0 Å². The molecular weight excluding hydrogens is 1810 g/mol. The average molecular weight is 1950 g/mol. The van der Waals surface area contributed by atoms with Crippen molar-refractivity contribution < 1.29 is 56.8 Å². The number of aromatic nitrogens is 16. The van der Waals surface area contributed by atoms with Gasteiger partial charge in [-0.15, -0.1) is 0 Å². The summed E-state index contributed by atoms with van der Waals surface area (Å²) in [6.45, 7) is 31.3. The molecule has 4 aliphatic heterocycles. The quantitative estimate of drug-likeness (QED) is 0.0257. The van der Waals surface area contributed by atoms with E-state index in [1.165, 1.54) is 0 Å². The number of nitrogens with zero attached hydrogens (tertiary/aromatic N) is 12. The minimum absolute atomic E-state index is 0.341. The van der Waals surface area contributed by atoms with E-state index >= 15 is 0 Å². The van der Waals surface area contributed by atoms with Crippen LogP contribution in [0.3, 0.4) is 0 Å². The summed E-state index contributed by atoms with van der Waals surface area (Å²) in [5.41, 5.74) is 13.2. The standard InChI is InChI=1S/C116H136N16O12/c1-13-25-57-133-73-45-49-77(137-61-29-17-5)93-89(73)105-119-101-85-69-37-38-70(86(85)102(117-101)120-106-90-74(134-58-26-14-2)46-50-78(138-62-30-18-6)94(90)110(124-106)128-114-98-82(142-66-34-22-10)54-53-81(141-65-33-21-9)97(98)113(131-114)127-109(93)123-105)43-44-72-40-39-71(42-41-69)87-88(72)104-118-103(87)121-107-91-75(135-59-27-15-3)47-51-79(139-63-31-19-7)95(91)111(125-107)129-115-99-83(143-67-35-23-11)55-56-84(144-68-36-24-12)100(99)116(132-115)130-112-96-80(140-64-32-20-8)52-48-76(136-60-28-16-4)92(96)108(122-104)126-112/h37-40,45-56H,13-36,41-44,57-68H2,1-12H3,(H2,117,119,120,123,124,127,128,131)(H2,118,121,122,125,126,129,130,132). The SMILES string of the molecule is CCCCOc1ccc(OCCCC)c2c1-c1nc-2nc2[nH]c(nc3nc(nc4[nH]c(n1)c1c(OCCCC)ccc(OCCCC)c41)-c1c4ccc(c1-3)CCc1ccc(c3c1-c1nc-3nc3[nH]c(nc5nc(nc6[nH]c(n1)c1c(OCCCC)ccc(OCCCC)c61)-c1c(OCCCC)ccc(OCCCC)c1-5)c1c(OCCCC)ccc(OCCCC)c31)CC4)c1c(OCCCC)ccc(OCCCC)c21. The van der Waals surface area contributed by atoms with Crippen LogP contribution in [-0.2, 0) is 25.7 Å². The van der Waals surface area contributed by atoms with E-state index in [0.717, 1.165) is 199 Å². The molecule has 0 atom stereocenters. The van der Waals surface area contributed by atoms with Crippen molar-refractivity contribution in [3.63, 3.8) is 0 Å². The van der Waals surface area contributed by atoms with E-state index in [1.807, 2.05) is 72.8 Å². The number of ether oxygens (including phenoxy) is 12. The summed E-state index contributed by atoms with van der Waals surface area (Å²) in [5.74, 6) is 10.2. The van der Waals surface area contributed by atoms with Gasteiger partial charge in [0.25, 0.3) is 0 Å². The predicted octanol–water partition coefficient (Wildman–Crippen LogP) is 28.1. The Morgan fingerprint density at radius 1 is 0.160 bits per heavy atom. The highest BCUT2D eigenvalue weighted by atomic mass is 16.5. The van der Waals surface area contributed by atoms with Gasteiger partial charge < -0.3 is 76.8 Å². The minimum Gasteiger partial charge on any atom is -0.493 e. The van der Waals surface area contributed by atoms with E-state index in [4.69, 9.17) is 117 Å². The predicted molar refractivity (Wildman–Crippen MR) is 572 cm³/mol. The van der Waals surface area contributed by atoms with Crippen molar-refractivity contribution in [1.29, 1.82) is 0 Å². The molecule has 144 heavy (non-hydrogen) atoms. The lowest BCUT2D eigenvalue weighted by atomic mass is 9.85. The van der Waals surface area contributed by atoms with E-state index in [9.17, 15) is 0 Å². The van der Waals surface area contributed by atoms with E-state index in [1.54, 1.807) is 0 Å². The second-order valence-corrected chi connectivity index (χ2v) is 37.8. The largest absolute Gasteiger partial charge is 0.493 e. The number of aryl methyl sites for hydroxylation is 4. The van der Waals surface area contributed by atoms with Crippen LogP contribution in [-0.4, -0.2) is 159 Å². The molecule has 6 aliphatic rings. The molecule has 6 aromatic heterocycles. The number of nitrogens with one attached hydrogen (secondary N) is 4. The van der Waals surface area contributed by atoms with Crippen molar-refractivity contribution in [2.45, 2.75) is 263 Å². The zero-order valence-electron chi connectivity index (χ0n) is 85.8. The first kappa shape index (κ1) is 98.8. The number of aromatic amines is 4. The average Bonchev–Trinajstić information content (AvgIpc) is 1.57. The lowest BCUT2D eigenvalue weighted by Gasteiger charge is -2.18. The Kier molecular flexibility index (Phi) is 31.7. The highest BCUT2D eigenvalue weighted by molar-refractivity contribution is 6.16. The van der Waals surface area contributed by atoms with Crippen molar-refractivity contribution in [3.05, 3.63) is 119 Å². The molecule has 28 nitrogen and oxygen atoms in total. The number of rotatable bonds is 48. The molecule has 752 valence electrons. The number of benzene rings is 8. The molecule has 4 N–H and O–H groups in total. The fraction of sp³-hybridized carbons (Fsp3) is 0.448. The van der Waals surface area contributed by atoms with Crippen LogP contribution in [0.5, 0.6) is 69.0 Å². The van der Waals surface area contributed by atoms with Gasteiger partial charge in [0.2, 0.25) is 0 Å². The molecule has 0 spiro atoms. The Labute approximate surface area is 841 Å². The first-order valence-electron chi connectivity index (χ1n) is 53.5. The molecule has 0 radical (unpaired) electrons. The Morgan fingerprint density at radius 3 is 0.424 bits per heavy atom. The molecule has 0 amide bonds. The molecule has 0 unspecified atom stereocenters. The van der Waals surface area contributed by atoms with Gasteiger partial charge in [0.1, 0.15) is 114 Å². The summed E-state index contributed by atoms with van der Waals surface area (Å²) in [5, 5.41) is 5.29. The van der Waals surface area contributed by atoms with Crippen LogP contribution in [0.25, 0.3) is 179 Å². The van der Waals surface area contributed by atoms with Crippen molar-refractivity contribution in [2.75, 3.05) is 79.3 Å². The zero-order valence-corrected chi connectivity index (χ0v) is 85.8. The lowest BCUT2D eigenvalue weighted by Crippen LogP contribution is -2.05. The molecule has 8 aromatic carbocycles. The van der Waals surface area contributed by atoms with Gasteiger partial charge in [-0.3, -0.25) is 0 Å². The number of fused-ring (bicyclic) bond motifs is 40. The van der Waals surface area contributed by atoms with Crippen molar-refractivity contribution in [2.24, 2.45) is 0 Å². The summed E-state index contributed by atoms with van der Waals surface area (Å²) >= 11 is 0. The Bertz CT molecular complexity index is 6560. The van der Waals surface area contributed by atoms with E-state index in [2.05, 4.69) is 127 Å². The number of hydrogen-bond acceptors (Lipinski definition) is 24. The summed E-state index contributed by atoms with van der Waals surface area (Å²) in [6.07, 6.45) is 22.5. The van der Waals surface area contributed by atoms with Gasteiger partial charge in [0.15, 0.2) is 46.6 Å². The van der Waals surface area contributed by atoms with Crippen LogP contribution >= 0.6 is 0 Å². The van der Waals surface area contributed by atoms with E-state index in [0.29, 0.717) is 331 Å². The maximum atomic E-state index is 7.00. The Hall–Kier alpha value is -13.9. The lowest BCUT2D eigenvalue weighted by molar-refractivity contribution is 0.303. The zero-order chi connectivity index (χ0) is 99.1. The third-order valence-electron chi connectivity index (χ3n) is 27.1. The summed E-state index contributed by atoms with van der Waals surface area (Å²) in [7, 11) is 0. The fourth-order valence-electron chi connectivity index (χ4n) is 19.3. The fourth-order valence-corrected chi connectivity index (χ4v) is 19.3. The van der Waals surface area contributed by atoms with Gasteiger partial charge in [0.05, 0.1) is 145 Å². The third-order valence-corrected chi connectivity index (χ3v) is 27.1. The molecular formula is C116H136N16O12. The van der Waals surface area contributed by atoms with Gasteiger partial charge in [-0.05, 0) is 198 Å². The topological polar surface area (TPSA) is 329 Å². The maximum absolute atomic E-state index is 7.00. The van der Waals surface area contributed by atoms with Gasteiger partial charge >= 0.3 is 0 Å². The molecule has 10 heterocycles. The smallest absolute Gasteiger partial charge is 0.168 e. The molecule has 14 aromatic rings. The molecule has 0 fully saturated rings. The molecule has 20 bridgehead atoms. The Morgan fingerprint density at radius 2 is 0.285 bits per heavy atom.